The number of hydrogen-bond donors (Lipinski definition) is 2. The van der Waals surface area contributed by atoms with E-state index in [2.05, 4.69) is 9.97 Å². The lowest BCUT2D eigenvalue weighted by atomic mass is 9.97. The molecule has 6 heteroatoms. The molecule has 0 aliphatic heterocycles. The van der Waals surface area contributed by atoms with E-state index in [-0.39, 0.29) is 11.8 Å². The summed E-state index contributed by atoms with van der Waals surface area (Å²) in [4.78, 5) is 7.50. The Hall–Kier alpha value is -3.41. The number of nitrogens with zero attached hydrogens (tertiary/aromatic N) is 2. The van der Waals surface area contributed by atoms with Crippen LogP contribution in [-0.4, -0.2) is 33.9 Å². The van der Waals surface area contributed by atoms with Gasteiger partial charge >= 0.3 is 0 Å². The lowest BCUT2D eigenvalue weighted by Gasteiger charge is -2.20. The molecule has 0 aliphatic carbocycles. The molecular weight excluding hydrogens is 330 g/mol. The van der Waals surface area contributed by atoms with E-state index in [9.17, 15) is 5.11 Å². The van der Waals surface area contributed by atoms with Crippen LogP contribution in [0.3, 0.4) is 0 Å². The van der Waals surface area contributed by atoms with Crippen molar-refractivity contribution in [1.29, 1.82) is 0 Å². The predicted octanol–water partition coefficient (Wildman–Crippen LogP) is 3.72. The highest BCUT2D eigenvalue weighted by Gasteiger charge is 2.21. The summed E-state index contributed by atoms with van der Waals surface area (Å²) in [7, 11) is 3.19. The second-order valence-electron chi connectivity index (χ2n) is 6.00. The number of hydrogen-bond acceptors (Lipinski definition) is 4. The third-order valence-electron chi connectivity index (χ3n) is 4.56. The molecule has 132 valence electrons. The van der Waals surface area contributed by atoms with Gasteiger partial charge in [0.2, 0.25) is 0 Å². The first-order valence-electron chi connectivity index (χ1n) is 8.20. The van der Waals surface area contributed by atoms with Crippen molar-refractivity contribution in [3.8, 4) is 17.2 Å². The lowest BCUT2D eigenvalue weighted by Crippen LogP contribution is -2.10. The largest absolute Gasteiger partial charge is 0.504 e. The number of nitrogens with one attached hydrogen (secondary N) is 1. The zero-order chi connectivity index (χ0) is 18.1. The van der Waals surface area contributed by atoms with Crippen LogP contribution in [0.4, 0.5) is 0 Å². The highest BCUT2D eigenvalue weighted by atomic mass is 16.5. The van der Waals surface area contributed by atoms with Gasteiger partial charge in [0.25, 0.3) is 0 Å². The molecule has 1 atom stereocenters. The maximum Gasteiger partial charge on any atom is 0.160 e. The van der Waals surface area contributed by atoms with Gasteiger partial charge in [0.05, 0.1) is 26.6 Å². The van der Waals surface area contributed by atoms with E-state index in [1.807, 2.05) is 41.2 Å². The number of phenols is 1. The van der Waals surface area contributed by atoms with Gasteiger partial charge in [-0.25, -0.2) is 4.98 Å². The molecule has 0 fully saturated rings. The first-order valence-corrected chi connectivity index (χ1v) is 8.20. The number of fused-ring (bicyclic) bond motifs is 1. The third kappa shape index (κ3) is 2.65. The molecule has 0 spiro atoms. The summed E-state index contributed by atoms with van der Waals surface area (Å²) in [6, 6.07) is 11.2. The van der Waals surface area contributed by atoms with Gasteiger partial charge in [0.15, 0.2) is 11.5 Å². The molecule has 4 aromatic rings. The molecule has 26 heavy (non-hydrogen) atoms. The van der Waals surface area contributed by atoms with Crippen LogP contribution >= 0.6 is 0 Å². The van der Waals surface area contributed by atoms with E-state index >= 15 is 0 Å². The minimum Gasteiger partial charge on any atom is -0.504 e. The summed E-state index contributed by atoms with van der Waals surface area (Å²) in [5.41, 5.74) is 3.00. The SMILES string of the molecule is COc1ccc2[nH]cc(C(c3ccc(OC)c(O)c3)n3ccnc3)c2c1. The first-order chi connectivity index (χ1) is 12.7. The second-order valence-corrected chi connectivity index (χ2v) is 6.00. The Kier molecular flexibility index (Phi) is 4.01. The fourth-order valence-electron chi connectivity index (χ4n) is 3.29. The van der Waals surface area contributed by atoms with Crippen LogP contribution in [0.2, 0.25) is 0 Å². The van der Waals surface area contributed by atoms with Crippen molar-refractivity contribution < 1.29 is 14.6 Å². The number of aromatic nitrogens is 3. The van der Waals surface area contributed by atoms with Crippen molar-refractivity contribution in [1.82, 2.24) is 14.5 Å². The van der Waals surface area contributed by atoms with Crippen LogP contribution in [0.25, 0.3) is 10.9 Å². The molecule has 2 aromatic carbocycles. The van der Waals surface area contributed by atoms with E-state index in [1.165, 1.54) is 7.11 Å². The number of benzene rings is 2. The number of imidazole rings is 1. The summed E-state index contributed by atoms with van der Waals surface area (Å²) in [6.45, 7) is 0. The summed E-state index contributed by atoms with van der Waals surface area (Å²) in [5, 5.41) is 11.3. The van der Waals surface area contributed by atoms with Gasteiger partial charge in [-0.3, -0.25) is 0 Å². The van der Waals surface area contributed by atoms with Crippen LogP contribution in [0.15, 0.2) is 61.3 Å². The predicted molar refractivity (Wildman–Crippen MR) is 99.0 cm³/mol. The standard InChI is InChI=1S/C20H19N3O3/c1-25-14-4-5-17-15(10-14)16(11-22-17)20(23-8-7-21-12-23)13-3-6-19(26-2)18(24)9-13/h3-12,20,22,24H,1-2H3. The van der Waals surface area contributed by atoms with Crippen LogP contribution < -0.4 is 9.47 Å². The number of rotatable bonds is 5. The molecule has 0 saturated heterocycles. The molecule has 4 rings (SSSR count). The van der Waals surface area contributed by atoms with Crippen molar-refractivity contribution >= 4 is 10.9 Å². The minimum atomic E-state index is -0.157. The Morgan fingerprint density at radius 1 is 1.12 bits per heavy atom. The lowest BCUT2D eigenvalue weighted by molar-refractivity contribution is 0.372. The van der Waals surface area contributed by atoms with Crippen molar-refractivity contribution in [2.24, 2.45) is 0 Å². The fourth-order valence-corrected chi connectivity index (χ4v) is 3.29. The topological polar surface area (TPSA) is 72.3 Å². The van der Waals surface area contributed by atoms with Crippen LogP contribution in [0, 0.1) is 0 Å². The number of H-pyrrole nitrogens is 1. The molecule has 0 saturated carbocycles. The number of aromatic hydroxyl groups is 1. The highest BCUT2D eigenvalue weighted by Crippen LogP contribution is 2.37. The van der Waals surface area contributed by atoms with Gasteiger partial charge in [-0.2, -0.15) is 0 Å². The Balaban J connectivity index is 1.91. The summed E-state index contributed by atoms with van der Waals surface area (Å²) >= 11 is 0. The quantitative estimate of drug-likeness (QED) is 0.576. The smallest absolute Gasteiger partial charge is 0.160 e. The second kappa shape index (κ2) is 6.48. The summed E-state index contributed by atoms with van der Waals surface area (Å²) in [6.07, 6.45) is 7.40. The first kappa shape index (κ1) is 16.1. The zero-order valence-corrected chi connectivity index (χ0v) is 14.5. The molecule has 2 N–H and O–H groups in total. The van der Waals surface area contributed by atoms with Gasteiger partial charge in [0.1, 0.15) is 5.75 Å². The van der Waals surface area contributed by atoms with Gasteiger partial charge < -0.3 is 24.1 Å². The molecule has 0 radical (unpaired) electrons. The van der Waals surface area contributed by atoms with Crippen molar-refractivity contribution in [2.45, 2.75) is 6.04 Å². The van der Waals surface area contributed by atoms with Crippen LogP contribution in [-0.2, 0) is 0 Å². The fraction of sp³-hybridized carbons (Fsp3) is 0.150. The van der Waals surface area contributed by atoms with Gasteiger partial charge in [-0.1, -0.05) is 6.07 Å². The monoisotopic (exact) mass is 349 g/mol. The Labute approximate surface area is 150 Å². The highest BCUT2D eigenvalue weighted by molar-refractivity contribution is 5.85. The van der Waals surface area contributed by atoms with Gasteiger partial charge in [-0.15, -0.1) is 0 Å². The van der Waals surface area contributed by atoms with Crippen molar-refractivity contribution in [2.75, 3.05) is 14.2 Å². The molecule has 2 heterocycles. The molecule has 2 aromatic heterocycles. The van der Waals surface area contributed by atoms with Gasteiger partial charge in [-0.05, 0) is 35.9 Å². The normalized spacial score (nSPS) is 12.2. The number of methoxy groups -OCH3 is 2. The maximum absolute atomic E-state index is 10.3. The molecule has 0 bridgehead atoms. The van der Waals surface area contributed by atoms with Crippen LogP contribution in [0.5, 0.6) is 17.2 Å². The van der Waals surface area contributed by atoms with Gasteiger partial charge in [0, 0.05) is 35.1 Å². The Morgan fingerprint density at radius 3 is 2.69 bits per heavy atom. The average Bonchev–Trinajstić information content (AvgIpc) is 3.32. The minimum absolute atomic E-state index is 0.104. The average molecular weight is 349 g/mol. The van der Waals surface area contributed by atoms with E-state index < -0.39 is 0 Å². The maximum atomic E-state index is 10.3. The molecule has 6 nitrogen and oxygen atoms in total. The van der Waals surface area contributed by atoms with E-state index in [0.29, 0.717) is 5.75 Å². The van der Waals surface area contributed by atoms with E-state index in [1.54, 1.807) is 31.8 Å². The zero-order valence-electron chi connectivity index (χ0n) is 14.5. The molecular formula is C20H19N3O3. The third-order valence-corrected chi connectivity index (χ3v) is 4.56. The summed E-state index contributed by atoms with van der Waals surface area (Å²) < 4.78 is 12.6. The number of aromatic amines is 1. The van der Waals surface area contributed by atoms with E-state index in [4.69, 9.17) is 9.47 Å². The van der Waals surface area contributed by atoms with Crippen molar-refractivity contribution in [3.63, 3.8) is 0 Å². The summed E-state index contributed by atoms with van der Waals surface area (Å²) in [5.74, 6) is 1.34. The Bertz CT molecular complexity index is 1040. The van der Waals surface area contributed by atoms with Crippen LogP contribution in [0.1, 0.15) is 17.2 Å². The van der Waals surface area contributed by atoms with Crippen molar-refractivity contribution in [3.05, 3.63) is 72.4 Å². The Morgan fingerprint density at radius 2 is 2.00 bits per heavy atom. The number of phenolic OH excluding ortho intramolecular Hbond substituents is 1. The molecule has 0 amide bonds. The molecule has 0 aliphatic rings. The number of ether oxygens (including phenoxy) is 2. The molecule has 1 unspecified atom stereocenters. The van der Waals surface area contributed by atoms with E-state index in [0.717, 1.165) is 27.8 Å².